The molecule has 3 aromatic rings. The monoisotopic (exact) mass is 393 g/mol. The number of amides is 1. The molecule has 0 unspecified atom stereocenters. The molecule has 8 nitrogen and oxygen atoms in total. The number of pyridine rings is 1. The molecule has 2 aromatic heterocycles. The van der Waals surface area contributed by atoms with Crippen molar-refractivity contribution in [3.05, 3.63) is 59.6 Å². The highest BCUT2D eigenvalue weighted by molar-refractivity contribution is 5.96. The van der Waals surface area contributed by atoms with Gasteiger partial charge in [-0.1, -0.05) is 29.4 Å². The first-order valence-corrected chi connectivity index (χ1v) is 9.55. The standard InChI is InChI=1S/C21H23N5O3/c1-15-6-3-4-7-16(15)19-23-18(29-24-19)14-25-10-12-26(13-11-25)21(27)17-8-5-9-22-20(17)28-2/h3-9H,10-14H2,1-2H3. The van der Waals surface area contributed by atoms with Crippen LogP contribution in [0, 0.1) is 6.92 Å². The average Bonchev–Trinajstić information content (AvgIpc) is 3.22. The first-order valence-electron chi connectivity index (χ1n) is 9.55. The van der Waals surface area contributed by atoms with Crippen molar-refractivity contribution in [1.82, 2.24) is 24.9 Å². The average molecular weight is 393 g/mol. The van der Waals surface area contributed by atoms with Gasteiger partial charge in [-0.3, -0.25) is 9.69 Å². The number of ether oxygens (including phenoxy) is 1. The molecule has 1 aliphatic rings. The van der Waals surface area contributed by atoms with Gasteiger partial charge in [-0.05, 0) is 24.6 Å². The Morgan fingerprint density at radius 2 is 1.93 bits per heavy atom. The lowest BCUT2D eigenvalue weighted by atomic mass is 10.1. The molecule has 29 heavy (non-hydrogen) atoms. The van der Waals surface area contributed by atoms with E-state index in [0.717, 1.165) is 24.2 Å². The Labute approximate surface area is 169 Å². The topological polar surface area (TPSA) is 84.6 Å². The van der Waals surface area contributed by atoms with Gasteiger partial charge in [0.2, 0.25) is 17.6 Å². The number of aryl methyl sites for hydroxylation is 1. The number of nitrogens with zero attached hydrogens (tertiary/aromatic N) is 5. The van der Waals surface area contributed by atoms with Gasteiger partial charge in [0.15, 0.2) is 0 Å². The Morgan fingerprint density at radius 1 is 1.14 bits per heavy atom. The smallest absolute Gasteiger partial charge is 0.259 e. The molecule has 3 heterocycles. The molecule has 1 fully saturated rings. The van der Waals surface area contributed by atoms with Crippen molar-refractivity contribution >= 4 is 5.91 Å². The lowest BCUT2D eigenvalue weighted by Crippen LogP contribution is -2.48. The predicted molar refractivity (Wildman–Crippen MR) is 106 cm³/mol. The van der Waals surface area contributed by atoms with Crippen molar-refractivity contribution < 1.29 is 14.1 Å². The van der Waals surface area contributed by atoms with Crippen LogP contribution >= 0.6 is 0 Å². The third-order valence-electron chi connectivity index (χ3n) is 5.07. The van der Waals surface area contributed by atoms with Crippen LogP contribution in [-0.2, 0) is 6.54 Å². The summed E-state index contributed by atoms with van der Waals surface area (Å²) in [4.78, 5) is 25.5. The fourth-order valence-electron chi connectivity index (χ4n) is 3.44. The molecule has 0 aliphatic carbocycles. The van der Waals surface area contributed by atoms with Gasteiger partial charge in [-0.15, -0.1) is 0 Å². The largest absolute Gasteiger partial charge is 0.480 e. The van der Waals surface area contributed by atoms with Crippen LogP contribution in [0.2, 0.25) is 0 Å². The maximum Gasteiger partial charge on any atom is 0.259 e. The van der Waals surface area contributed by atoms with E-state index >= 15 is 0 Å². The Kier molecular flexibility index (Phi) is 5.53. The van der Waals surface area contributed by atoms with Gasteiger partial charge in [0.1, 0.15) is 5.56 Å². The summed E-state index contributed by atoms with van der Waals surface area (Å²) >= 11 is 0. The number of rotatable bonds is 5. The number of aromatic nitrogens is 3. The van der Waals surface area contributed by atoms with Crippen LogP contribution in [0.4, 0.5) is 0 Å². The third kappa shape index (κ3) is 4.12. The fraction of sp³-hybridized carbons (Fsp3) is 0.333. The van der Waals surface area contributed by atoms with E-state index in [1.165, 1.54) is 7.11 Å². The Hall–Kier alpha value is -3.26. The fourth-order valence-corrected chi connectivity index (χ4v) is 3.44. The Bertz CT molecular complexity index is 995. The molecule has 0 radical (unpaired) electrons. The van der Waals surface area contributed by atoms with Crippen LogP contribution in [0.3, 0.4) is 0 Å². The quantitative estimate of drug-likeness (QED) is 0.658. The van der Waals surface area contributed by atoms with Crippen molar-refractivity contribution in [3.8, 4) is 17.3 Å². The van der Waals surface area contributed by atoms with Gasteiger partial charge in [0.25, 0.3) is 5.91 Å². The number of hydrogen-bond donors (Lipinski definition) is 0. The SMILES string of the molecule is COc1ncccc1C(=O)N1CCN(Cc2nc(-c3ccccc3C)no2)CC1. The molecular weight excluding hydrogens is 370 g/mol. The van der Waals surface area contributed by atoms with E-state index in [4.69, 9.17) is 9.26 Å². The first-order chi connectivity index (χ1) is 14.2. The normalized spacial score (nSPS) is 14.8. The van der Waals surface area contributed by atoms with E-state index in [1.807, 2.05) is 36.1 Å². The molecule has 0 N–H and O–H groups in total. The molecule has 0 atom stereocenters. The minimum absolute atomic E-state index is 0.0609. The lowest BCUT2D eigenvalue weighted by molar-refractivity contribution is 0.0611. The van der Waals surface area contributed by atoms with E-state index in [1.54, 1.807) is 18.3 Å². The van der Waals surface area contributed by atoms with E-state index in [9.17, 15) is 4.79 Å². The maximum atomic E-state index is 12.8. The summed E-state index contributed by atoms with van der Waals surface area (Å²) < 4.78 is 10.7. The minimum Gasteiger partial charge on any atom is -0.480 e. The minimum atomic E-state index is -0.0609. The molecule has 150 valence electrons. The van der Waals surface area contributed by atoms with Crippen LogP contribution in [0.1, 0.15) is 21.8 Å². The van der Waals surface area contributed by atoms with Crippen LogP contribution in [0.5, 0.6) is 5.88 Å². The molecule has 0 saturated carbocycles. The second-order valence-corrected chi connectivity index (χ2v) is 6.96. The molecule has 8 heteroatoms. The maximum absolute atomic E-state index is 12.8. The van der Waals surface area contributed by atoms with Gasteiger partial charge in [0.05, 0.1) is 13.7 Å². The molecule has 0 spiro atoms. The molecule has 4 rings (SSSR count). The highest BCUT2D eigenvalue weighted by Crippen LogP contribution is 2.21. The zero-order chi connectivity index (χ0) is 20.2. The van der Waals surface area contributed by atoms with Gasteiger partial charge < -0.3 is 14.2 Å². The Morgan fingerprint density at radius 3 is 2.69 bits per heavy atom. The van der Waals surface area contributed by atoms with Crippen LogP contribution in [-0.4, -0.2) is 64.1 Å². The first kappa shape index (κ1) is 19.1. The second kappa shape index (κ2) is 8.40. The molecule has 1 saturated heterocycles. The highest BCUT2D eigenvalue weighted by atomic mass is 16.5. The van der Waals surface area contributed by atoms with Crippen molar-refractivity contribution in [3.63, 3.8) is 0 Å². The summed E-state index contributed by atoms with van der Waals surface area (Å²) in [5, 5.41) is 4.12. The van der Waals surface area contributed by atoms with Crippen molar-refractivity contribution in [2.75, 3.05) is 33.3 Å². The predicted octanol–water partition coefficient (Wildman–Crippen LogP) is 2.41. The molecule has 1 amide bonds. The van der Waals surface area contributed by atoms with E-state index in [-0.39, 0.29) is 5.91 Å². The molecular formula is C21H23N5O3. The summed E-state index contributed by atoms with van der Waals surface area (Å²) in [6, 6.07) is 11.5. The van der Waals surface area contributed by atoms with E-state index < -0.39 is 0 Å². The van der Waals surface area contributed by atoms with Gasteiger partial charge >= 0.3 is 0 Å². The van der Waals surface area contributed by atoms with Gasteiger partial charge in [-0.25, -0.2) is 4.98 Å². The van der Waals surface area contributed by atoms with E-state index in [0.29, 0.717) is 42.8 Å². The van der Waals surface area contributed by atoms with Crippen LogP contribution in [0.25, 0.3) is 11.4 Å². The zero-order valence-corrected chi connectivity index (χ0v) is 16.5. The summed E-state index contributed by atoms with van der Waals surface area (Å²) in [6.07, 6.45) is 1.61. The zero-order valence-electron chi connectivity index (χ0n) is 16.5. The Balaban J connectivity index is 1.36. The molecule has 1 aliphatic heterocycles. The second-order valence-electron chi connectivity index (χ2n) is 6.96. The van der Waals surface area contributed by atoms with Crippen molar-refractivity contribution in [2.45, 2.75) is 13.5 Å². The third-order valence-corrected chi connectivity index (χ3v) is 5.07. The summed E-state index contributed by atoms with van der Waals surface area (Å²) in [6.45, 7) is 5.30. The number of hydrogen-bond acceptors (Lipinski definition) is 7. The molecule has 1 aromatic carbocycles. The summed E-state index contributed by atoms with van der Waals surface area (Å²) in [5.74, 6) is 1.48. The van der Waals surface area contributed by atoms with Gasteiger partial charge in [-0.2, -0.15) is 4.98 Å². The van der Waals surface area contributed by atoms with Crippen LogP contribution < -0.4 is 4.74 Å². The number of carbonyl (C=O) groups excluding carboxylic acids is 1. The van der Waals surface area contributed by atoms with E-state index in [2.05, 4.69) is 20.0 Å². The number of carbonyl (C=O) groups is 1. The van der Waals surface area contributed by atoms with Gasteiger partial charge in [0, 0.05) is 37.9 Å². The summed E-state index contributed by atoms with van der Waals surface area (Å²) in [5.41, 5.74) is 2.57. The van der Waals surface area contributed by atoms with Crippen LogP contribution in [0.15, 0.2) is 47.1 Å². The number of piperazine rings is 1. The number of methoxy groups -OCH3 is 1. The number of benzene rings is 1. The van der Waals surface area contributed by atoms with Crippen molar-refractivity contribution in [2.24, 2.45) is 0 Å². The highest BCUT2D eigenvalue weighted by Gasteiger charge is 2.25. The summed E-state index contributed by atoms with van der Waals surface area (Å²) in [7, 11) is 1.52. The lowest BCUT2D eigenvalue weighted by Gasteiger charge is -2.34. The molecule has 0 bridgehead atoms. The van der Waals surface area contributed by atoms with Crippen molar-refractivity contribution in [1.29, 1.82) is 0 Å².